The minimum atomic E-state index is -0.484. The van der Waals surface area contributed by atoms with Gasteiger partial charge < -0.3 is 9.47 Å². The van der Waals surface area contributed by atoms with E-state index in [1.807, 2.05) is 18.2 Å². The molecule has 138 valence electrons. The second kappa shape index (κ2) is 8.24. The number of hydrazine groups is 1. The second-order valence-electron chi connectivity index (χ2n) is 5.40. The monoisotopic (exact) mass is 400 g/mol. The van der Waals surface area contributed by atoms with Gasteiger partial charge in [-0.2, -0.15) is 5.01 Å². The van der Waals surface area contributed by atoms with E-state index < -0.39 is 11.8 Å². The van der Waals surface area contributed by atoms with E-state index in [1.54, 1.807) is 43.5 Å². The van der Waals surface area contributed by atoms with Crippen molar-refractivity contribution in [1.82, 2.24) is 10.4 Å². The Morgan fingerprint density at radius 3 is 2.41 bits per heavy atom. The maximum absolute atomic E-state index is 12.7. The number of carbonyl (C=O) groups excluding carboxylic acids is 2. The number of amides is 2. The molecule has 8 heteroatoms. The number of benzene rings is 2. The van der Waals surface area contributed by atoms with E-state index in [-0.39, 0.29) is 4.32 Å². The van der Waals surface area contributed by atoms with Crippen LogP contribution in [0.4, 0.5) is 0 Å². The number of nitrogens with zero attached hydrogens (tertiary/aromatic N) is 1. The van der Waals surface area contributed by atoms with Crippen LogP contribution in [0.25, 0.3) is 6.08 Å². The highest BCUT2D eigenvalue weighted by atomic mass is 32.2. The lowest BCUT2D eigenvalue weighted by atomic mass is 10.2. The Labute approximate surface area is 166 Å². The largest absolute Gasteiger partial charge is 0.496 e. The molecule has 2 amide bonds. The summed E-state index contributed by atoms with van der Waals surface area (Å²) in [4.78, 5) is 25.6. The van der Waals surface area contributed by atoms with E-state index in [1.165, 1.54) is 7.11 Å². The van der Waals surface area contributed by atoms with Gasteiger partial charge in [-0.3, -0.25) is 15.0 Å². The van der Waals surface area contributed by atoms with Gasteiger partial charge in [0.2, 0.25) is 0 Å². The van der Waals surface area contributed by atoms with Gasteiger partial charge in [0.15, 0.2) is 4.32 Å². The van der Waals surface area contributed by atoms with Crippen molar-refractivity contribution in [2.75, 3.05) is 14.2 Å². The molecule has 0 bridgehead atoms. The smallest absolute Gasteiger partial charge is 0.285 e. The Balaban J connectivity index is 1.82. The molecule has 0 saturated carbocycles. The van der Waals surface area contributed by atoms with Crippen molar-refractivity contribution in [1.29, 1.82) is 0 Å². The molecule has 0 aromatic heterocycles. The summed E-state index contributed by atoms with van der Waals surface area (Å²) >= 11 is 6.36. The lowest BCUT2D eigenvalue weighted by Crippen LogP contribution is -2.44. The van der Waals surface area contributed by atoms with Gasteiger partial charge in [0.05, 0.1) is 24.7 Å². The Hall–Kier alpha value is -2.84. The standard InChI is InChI=1S/C19H16N2O4S2/c1-24-14-9-5-3-7-12(14)11-16-18(23)21(19(26)27-16)20-17(22)13-8-4-6-10-15(13)25-2/h3-11H,1-2H3,(H,20,22). The van der Waals surface area contributed by atoms with Gasteiger partial charge in [-0.05, 0) is 36.5 Å². The first-order valence-corrected chi connectivity index (χ1v) is 9.12. The van der Waals surface area contributed by atoms with Gasteiger partial charge in [-0.15, -0.1) is 0 Å². The van der Waals surface area contributed by atoms with E-state index in [2.05, 4.69) is 5.43 Å². The van der Waals surface area contributed by atoms with Crippen LogP contribution in [0.5, 0.6) is 11.5 Å². The summed E-state index contributed by atoms with van der Waals surface area (Å²) in [5, 5.41) is 1.07. The number of thiocarbonyl (C=S) groups is 1. The van der Waals surface area contributed by atoms with Crippen LogP contribution >= 0.6 is 24.0 Å². The minimum absolute atomic E-state index is 0.240. The zero-order valence-electron chi connectivity index (χ0n) is 14.6. The summed E-state index contributed by atoms with van der Waals surface area (Å²) in [6.07, 6.45) is 1.69. The molecule has 1 N–H and O–H groups in total. The lowest BCUT2D eigenvalue weighted by molar-refractivity contribution is -0.123. The Bertz CT molecular complexity index is 943. The predicted octanol–water partition coefficient (Wildman–Crippen LogP) is 3.25. The zero-order valence-corrected chi connectivity index (χ0v) is 16.2. The first-order valence-electron chi connectivity index (χ1n) is 7.90. The molecule has 0 aliphatic carbocycles. The van der Waals surface area contributed by atoms with Crippen LogP contribution in [0.1, 0.15) is 15.9 Å². The molecule has 2 aromatic rings. The molecule has 0 spiro atoms. The van der Waals surface area contributed by atoms with Gasteiger partial charge in [0.25, 0.3) is 11.8 Å². The summed E-state index contributed by atoms with van der Waals surface area (Å²) in [5.74, 6) is 0.160. The number of rotatable bonds is 5. The van der Waals surface area contributed by atoms with Gasteiger partial charge >= 0.3 is 0 Å². The Morgan fingerprint density at radius 2 is 1.70 bits per heavy atom. The number of ether oxygens (including phenoxy) is 2. The average molecular weight is 400 g/mol. The van der Waals surface area contributed by atoms with Crippen molar-refractivity contribution in [2.24, 2.45) is 0 Å². The fourth-order valence-corrected chi connectivity index (χ4v) is 3.66. The summed E-state index contributed by atoms with van der Waals surface area (Å²) in [6.45, 7) is 0. The number of para-hydroxylation sites is 2. The molecule has 0 unspecified atom stereocenters. The zero-order chi connectivity index (χ0) is 19.4. The maximum atomic E-state index is 12.7. The number of nitrogens with one attached hydrogen (secondary N) is 1. The molecule has 1 fully saturated rings. The van der Waals surface area contributed by atoms with E-state index >= 15 is 0 Å². The van der Waals surface area contributed by atoms with Crippen LogP contribution in [0.2, 0.25) is 0 Å². The van der Waals surface area contributed by atoms with Crippen LogP contribution in [-0.4, -0.2) is 35.4 Å². The molecule has 1 saturated heterocycles. The molecule has 6 nitrogen and oxygen atoms in total. The lowest BCUT2D eigenvalue weighted by Gasteiger charge is -2.16. The molecule has 0 radical (unpaired) electrons. The third-order valence-electron chi connectivity index (χ3n) is 3.78. The fourth-order valence-electron chi connectivity index (χ4n) is 2.48. The highest BCUT2D eigenvalue weighted by molar-refractivity contribution is 8.26. The van der Waals surface area contributed by atoms with E-state index in [4.69, 9.17) is 21.7 Å². The fraction of sp³-hybridized carbons (Fsp3) is 0.105. The van der Waals surface area contributed by atoms with Gasteiger partial charge in [-0.25, -0.2) is 0 Å². The quantitative estimate of drug-likeness (QED) is 0.614. The maximum Gasteiger partial charge on any atom is 0.285 e. The SMILES string of the molecule is COc1ccccc1C=C1SC(=S)N(NC(=O)c2ccccc2OC)C1=O. The van der Waals surface area contributed by atoms with Crippen LogP contribution < -0.4 is 14.9 Å². The van der Waals surface area contributed by atoms with Crippen LogP contribution in [-0.2, 0) is 4.79 Å². The predicted molar refractivity (Wildman–Crippen MR) is 108 cm³/mol. The van der Waals surface area contributed by atoms with E-state index in [0.29, 0.717) is 22.0 Å². The molecule has 27 heavy (non-hydrogen) atoms. The topological polar surface area (TPSA) is 67.9 Å². The minimum Gasteiger partial charge on any atom is -0.496 e. The summed E-state index contributed by atoms with van der Waals surface area (Å²) in [5.41, 5.74) is 3.60. The van der Waals surface area contributed by atoms with E-state index in [9.17, 15) is 9.59 Å². The summed E-state index contributed by atoms with van der Waals surface area (Å²) in [6, 6.07) is 14.1. The van der Waals surface area contributed by atoms with E-state index in [0.717, 1.165) is 22.3 Å². The van der Waals surface area contributed by atoms with Gasteiger partial charge in [-0.1, -0.05) is 42.1 Å². The molecule has 3 rings (SSSR count). The van der Waals surface area contributed by atoms with Crippen molar-refractivity contribution in [3.8, 4) is 11.5 Å². The molecule has 1 aliphatic rings. The molecule has 1 aliphatic heterocycles. The second-order valence-corrected chi connectivity index (χ2v) is 7.08. The Morgan fingerprint density at radius 1 is 1.07 bits per heavy atom. The number of hydrogen-bond donors (Lipinski definition) is 1. The highest BCUT2D eigenvalue weighted by Crippen LogP contribution is 2.33. The third-order valence-corrected chi connectivity index (χ3v) is 5.09. The van der Waals surface area contributed by atoms with Crippen molar-refractivity contribution < 1.29 is 19.1 Å². The number of thioether (sulfide) groups is 1. The van der Waals surface area contributed by atoms with Crippen molar-refractivity contribution in [3.63, 3.8) is 0 Å². The normalized spacial score (nSPS) is 15.2. The number of carbonyl (C=O) groups is 2. The van der Waals surface area contributed by atoms with Gasteiger partial charge in [0, 0.05) is 5.56 Å². The molecule has 2 aromatic carbocycles. The summed E-state index contributed by atoms with van der Waals surface area (Å²) in [7, 11) is 3.03. The highest BCUT2D eigenvalue weighted by Gasteiger charge is 2.34. The molecule has 1 heterocycles. The van der Waals surface area contributed by atoms with Crippen LogP contribution in [0.3, 0.4) is 0 Å². The summed E-state index contributed by atoms with van der Waals surface area (Å²) < 4.78 is 10.7. The van der Waals surface area contributed by atoms with Crippen molar-refractivity contribution in [2.45, 2.75) is 0 Å². The van der Waals surface area contributed by atoms with Crippen LogP contribution in [0, 0.1) is 0 Å². The molecular weight excluding hydrogens is 384 g/mol. The van der Waals surface area contributed by atoms with Gasteiger partial charge in [0.1, 0.15) is 11.5 Å². The average Bonchev–Trinajstić information content (AvgIpc) is 2.95. The van der Waals surface area contributed by atoms with Crippen molar-refractivity contribution in [3.05, 3.63) is 64.6 Å². The number of methoxy groups -OCH3 is 2. The Kier molecular flexibility index (Phi) is 5.78. The first kappa shape index (κ1) is 18.9. The first-order chi connectivity index (χ1) is 13.0. The van der Waals surface area contributed by atoms with Crippen LogP contribution in [0.15, 0.2) is 53.4 Å². The number of hydrogen-bond acceptors (Lipinski definition) is 6. The third kappa shape index (κ3) is 3.96. The van der Waals surface area contributed by atoms with Crippen molar-refractivity contribution >= 4 is 46.2 Å². The molecular formula is C19H16N2O4S2. The molecule has 0 atom stereocenters.